The second-order valence-corrected chi connectivity index (χ2v) is 6.38. The summed E-state index contributed by atoms with van der Waals surface area (Å²) in [5.41, 5.74) is 3.25. The Hall–Kier alpha value is -2.15. The van der Waals surface area contributed by atoms with Gasteiger partial charge in [-0.1, -0.05) is 19.8 Å². The Balaban J connectivity index is 2.12. The summed E-state index contributed by atoms with van der Waals surface area (Å²) in [5, 5.41) is 20.5. The van der Waals surface area contributed by atoms with Crippen LogP contribution >= 0.6 is 0 Å². The number of aliphatic hydroxyl groups is 1. The summed E-state index contributed by atoms with van der Waals surface area (Å²) in [6, 6.07) is 2.11. The Labute approximate surface area is 149 Å². The second kappa shape index (κ2) is 9.36. The third-order valence-electron chi connectivity index (χ3n) is 4.37. The number of unbranched alkanes of at least 4 members (excludes halogenated alkanes) is 1. The molecule has 2 aromatic rings. The summed E-state index contributed by atoms with van der Waals surface area (Å²) in [6.45, 7) is 4.30. The highest BCUT2D eigenvalue weighted by Crippen LogP contribution is 2.19. The number of hydrogen-bond donors (Lipinski definition) is 3. The molecule has 0 saturated heterocycles. The lowest BCUT2D eigenvalue weighted by Gasteiger charge is -2.19. The molecule has 2 aromatic heterocycles. The first-order valence-electron chi connectivity index (χ1n) is 8.98. The van der Waals surface area contributed by atoms with E-state index in [-0.39, 0.29) is 12.6 Å². The Kier molecular flexibility index (Phi) is 7.18. The summed E-state index contributed by atoms with van der Waals surface area (Å²) >= 11 is 0. The van der Waals surface area contributed by atoms with Crippen molar-refractivity contribution < 1.29 is 5.11 Å². The normalized spacial score (nSPS) is 12.2. The molecular weight excluding hydrogens is 316 g/mol. The van der Waals surface area contributed by atoms with Crippen LogP contribution in [0.2, 0.25) is 0 Å². The van der Waals surface area contributed by atoms with E-state index in [9.17, 15) is 5.11 Å². The molecule has 0 aromatic carbocycles. The number of nitrogens with zero attached hydrogens (tertiary/aromatic N) is 4. The van der Waals surface area contributed by atoms with E-state index in [1.807, 2.05) is 24.9 Å². The summed E-state index contributed by atoms with van der Waals surface area (Å²) in [7, 11) is 3.76. The van der Waals surface area contributed by atoms with Crippen molar-refractivity contribution in [1.82, 2.24) is 19.7 Å². The summed E-state index contributed by atoms with van der Waals surface area (Å²) < 4.78 is 1.89. The van der Waals surface area contributed by atoms with E-state index in [4.69, 9.17) is 0 Å². The van der Waals surface area contributed by atoms with Gasteiger partial charge in [0.15, 0.2) is 0 Å². The number of nitrogens with one attached hydrogen (secondary N) is 2. The highest BCUT2D eigenvalue weighted by Gasteiger charge is 2.13. The Morgan fingerprint density at radius 3 is 2.72 bits per heavy atom. The van der Waals surface area contributed by atoms with Gasteiger partial charge in [-0.05, 0) is 32.3 Å². The van der Waals surface area contributed by atoms with E-state index in [2.05, 4.69) is 38.7 Å². The number of aryl methyl sites for hydroxylation is 4. The molecule has 0 amide bonds. The van der Waals surface area contributed by atoms with Crippen molar-refractivity contribution in [3.05, 3.63) is 29.2 Å². The Morgan fingerprint density at radius 2 is 2.12 bits per heavy atom. The van der Waals surface area contributed by atoms with Crippen LogP contribution in [0.5, 0.6) is 0 Å². The van der Waals surface area contributed by atoms with E-state index in [0.29, 0.717) is 5.95 Å². The molecule has 0 aliphatic heterocycles. The average molecular weight is 346 g/mol. The van der Waals surface area contributed by atoms with Crippen LogP contribution in [0.3, 0.4) is 0 Å². The third kappa shape index (κ3) is 5.42. The highest BCUT2D eigenvalue weighted by atomic mass is 16.3. The zero-order chi connectivity index (χ0) is 18.2. The number of anilines is 2. The fraction of sp³-hybridized carbons (Fsp3) is 0.611. The van der Waals surface area contributed by atoms with Crippen molar-refractivity contribution in [2.45, 2.75) is 52.0 Å². The predicted molar refractivity (Wildman–Crippen MR) is 101 cm³/mol. The molecule has 0 aliphatic carbocycles. The number of aromatic nitrogens is 4. The molecule has 1 unspecified atom stereocenters. The van der Waals surface area contributed by atoms with Gasteiger partial charge in [-0.2, -0.15) is 10.1 Å². The predicted octanol–water partition coefficient (Wildman–Crippen LogP) is 2.31. The molecule has 3 N–H and O–H groups in total. The van der Waals surface area contributed by atoms with Gasteiger partial charge in [-0.25, -0.2) is 4.98 Å². The van der Waals surface area contributed by atoms with Crippen molar-refractivity contribution in [2.24, 2.45) is 7.05 Å². The summed E-state index contributed by atoms with van der Waals surface area (Å²) in [5.74, 6) is 1.37. The molecular formula is C18H30N6O. The quantitative estimate of drug-likeness (QED) is 0.612. The smallest absolute Gasteiger partial charge is 0.224 e. The van der Waals surface area contributed by atoms with Gasteiger partial charge in [0.05, 0.1) is 18.3 Å². The maximum absolute atomic E-state index is 9.64. The molecule has 25 heavy (non-hydrogen) atoms. The minimum atomic E-state index is 0.00963. The van der Waals surface area contributed by atoms with Crippen molar-refractivity contribution in [3.63, 3.8) is 0 Å². The van der Waals surface area contributed by atoms with E-state index >= 15 is 0 Å². The largest absolute Gasteiger partial charge is 0.394 e. The molecule has 2 heterocycles. The molecule has 1 atom stereocenters. The second-order valence-electron chi connectivity index (χ2n) is 6.38. The van der Waals surface area contributed by atoms with Gasteiger partial charge in [0.25, 0.3) is 0 Å². The van der Waals surface area contributed by atoms with Gasteiger partial charge in [-0.3, -0.25) is 4.68 Å². The lowest BCUT2D eigenvalue weighted by atomic mass is 10.1. The van der Waals surface area contributed by atoms with Crippen LogP contribution in [-0.4, -0.2) is 44.6 Å². The molecule has 0 saturated carbocycles. The van der Waals surface area contributed by atoms with E-state index in [1.165, 1.54) is 0 Å². The lowest BCUT2D eigenvalue weighted by Crippen LogP contribution is -2.25. The lowest BCUT2D eigenvalue weighted by molar-refractivity contribution is 0.267. The maximum Gasteiger partial charge on any atom is 0.224 e. The molecule has 7 heteroatoms. The Bertz CT molecular complexity index is 650. The first kappa shape index (κ1) is 19.2. The van der Waals surface area contributed by atoms with Gasteiger partial charge in [-0.15, -0.1) is 0 Å². The minimum absolute atomic E-state index is 0.00963. The van der Waals surface area contributed by atoms with Gasteiger partial charge >= 0.3 is 0 Å². The van der Waals surface area contributed by atoms with E-state index < -0.39 is 0 Å². The first-order valence-corrected chi connectivity index (χ1v) is 8.98. The van der Waals surface area contributed by atoms with Crippen LogP contribution in [0, 0.1) is 6.92 Å². The molecule has 0 spiro atoms. The van der Waals surface area contributed by atoms with Crippen LogP contribution in [0.25, 0.3) is 0 Å². The van der Waals surface area contributed by atoms with Crippen LogP contribution in [0.4, 0.5) is 11.8 Å². The van der Waals surface area contributed by atoms with Gasteiger partial charge < -0.3 is 15.7 Å². The van der Waals surface area contributed by atoms with E-state index in [1.54, 1.807) is 7.05 Å². The molecule has 0 aliphatic rings. The maximum atomic E-state index is 9.64. The zero-order valence-corrected chi connectivity index (χ0v) is 15.7. The molecule has 0 bridgehead atoms. The first-order chi connectivity index (χ1) is 12.1. The molecule has 0 radical (unpaired) electrons. The van der Waals surface area contributed by atoms with Crippen LogP contribution < -0.4 is 10.6 Å². The number of hydrogen-bond acceptors (Lipinski definition) is 6. The van der Waals surface area contributed by atoms with Crippen molar-refractivity contribution in [1.29, 1.82) is 0 Å². The van der Waals surface area contributed by atoms with Crippen molar-refractivity contribution in [2.75, 3.05) is 24.3 Å². The SMILES string of the molecule is CCCCC(CO)Nc1nc(NC)ncc1CCc1cc(C)n(C)n1. The van der Waals surface area contributed by atoms with Gasteiger partial charge in [0.2, 0.25) is 5.95 Å². The average Bonchev–Trinajstić information content (AvgIpc) is 2.95. The molecule has 7 nitrogen and oxygen atoms in total. The van der Waals surface area contributed by atoms with Crippen LogP contribution in [0.1, 0.15) is 43.1 Å². The summed E-state index contributed by atoms with van der Waals surface area (Å²) in [6.07, 6.45) is 6.59. The third-order valence-corrected chi connectivity index (χ3v) is 4.37. The standard InChI is InChI=1S/C18H30N6O/c1-5-6-7-16(12-25)21-17-14(11-20-18(19-3)22-17)8-9-15-10-13(2)24(4)23-15/h10-11,16,25H,5-9,12H2,1-4H3,(H2,19,20,21,22). The monoisotopic (exact) mass is 346 g/mol. The van der Waals surface area contributed by atoms with Gasteiger partial charge in [0.1, 0.15) is 5.82 Å². The number of rotatable bonds is 10. The molecule has 0 fully saturated rings. The van der Waals surface area contributed by atoms with Gasteiger partial charge in [0, 0.05) is 31.5 Å². The van der Waals surface area contributed by atoms with Crippen LogP contribution in [0.15, 0.2) is 12.3 Å². The van der Waals surface area contributed by atoms with Crippen LogP contribution in [-0.2, 0) is 19.9 Å². The topological polar surface area (TPSA) is 87.9 Å². The van der Waals surface area contributed by atoms with Crippen molar-refractivity contribution in [3.8, 4) is 0 Å². The van der Waals surface area contributed by atoms with E-state index in [0.717, 1.165) is 54.9 Å². The minimum Gasteiger partial charge on any atom is -0.394 e. The molecule has 138 valence electrons. The van der Waals surface area contributed by atoms with Crippen molar-refractivity contribution >= 4 is 11.8 Å². The molecule has 2 rings (SSSR count). The highest BCUT2D eigenvalue weighted by molar-refractivity contribution is 5.48. The number of aliphatic hydroxyl groups excluding tert-OH is 1. The summed E-state index contributed by atoms with van der Waals surface area (Å²) in [4.78, 5) is 8.89. The zero-order valence-electron chi connectivity index (χ0n) is 15.7. The fourth-order valence-electron chi connectivity index (χ4n) is 2.71. The Morgan fingerprint density at radius 1 is 1.32 bits per heavy atom. The fourth-order valence-corrected chi connectivity index (χ4v) is 2.71.